The molecule has 0 radical (unpaired) electrons. The van der Waals surface area contributed by atoms with Crippen LogP contribution in [0, 0.1) is 11.6 Å². The largest absolute Gasteiger partial charge is 0.508 e. The van der Waals surface area contributed by atoms with E-state index in [1.54, 1.807) is 81.0 Å². The maximum atomic E-state index is 14.4. The van der Waals surface area contributed by atoms with Gasteiger partial charge in [-0.1, -0.05) is 24.3 Å². The average Bonchev–Trinajstić information content (AvgIpc) is 1.66. The van der Waals surface area contributed by atoms with Gasteiger partial charge in [-0.3, -0.25) is 4.79 Å². The van der Waals surface area contributed by atoms with Crippen LogP contribution in [0.2, 0.25) is 0 Å². The van der Waals surface area contributed by atoms with Gasteiger partial charge in [0.05, 0.1) is 45.0 Å². The number of carbonyl (C=O) groups excluding carboxylic acids is 2. The molecule has 0 spiro atoms. The highest BCUT2D eigenvalue weighted by atomic mass is 35.7. The Bertz CT molecular complexity index is 4230. The Labute approximate surface area is 577 Å². The molecule has 2 unspecified atom stereocenters. The van der Waals surface area contributed by atoms with Crippen molar-refractivity contribution in [1.29, 1.82) is 0 Å². The SMILES string of the molecule is CN(Cc1c[nH]c(-c2ccccc2F)c1)C(=O)OC(C)(C)C.CNCc1cc(-c2ccccc2F)n(S(=O)(=O)c2ccc(OCC(=O)NC)cc2)c1.O=S(=O)(Cl)c1ccc(O)cc1.O=S(=O)(Cl)c1ccc(OC2CCCCO2)cc1.O=S(=O)(Cl)c1ccc(OC2CCCCO2)cc1. The number of halogens is 5. The lowest BCUT2D eigenvalue weighted by molar-refractivity contribution is -0.122. The summed E-state index contributed by atoms with van der Waals surface area (Å²) in [6.45, 7) is 7.53. The Hall–Kier alpha value is -7.77. The first-order valence-electron chi connectivity index (χ1n) is 29.8. The second kappa shape index (κ2) is 36.2. The summed E-state index contributed by atoms with van der Waals surface area (Å²) in [5.74, 6) is 0.439. The number of aromatic hydroxyl groups is 1. The number of benzene rings is 6. The van der Waals surface area contributed by atoms with Crippen molar-refractivity contribution in [2.75, 3.05) is 41.0 Å². The number of aromatic amines is 1. The molecule has 22 nitrogen and oxygen atoms in total. The van der Waals surface area contributed by atoms with Crippen molar-refractivity contribution in [2.45, 2.75) is 110 Å². The Balaban J connectivity index is 0.000000198. The molecule has 10 rings (SSSR count). The summed E-state index contributed by atoms with van der Waals surface area (Å²) < 4.78 is 154. The Kier molecular flexibility index (Phi) is 29.2. The molecule has 6 aromatic carbocycles. The second-order valence-electron chi connectivity index (χ2n) is 22.3. The van der Waals surface area contributed by atoms with Gasteiger partial charge in [0, 0.05) is 94.7 Å². The van der Waals surface area contributed by atoms with Crippen LogP contribution in [0.3, 0.4) is 0 Å². The molecule has 4 heterocycles. The van der Waals surface area contributed by atoms with Crippen LogP contribution in [-0.2, 0) is 69.3 Å². The van der Waals surface area contributed by atoms with Crippen LogP contribution in [0.15, 0.2) is 190 Å². The van der Waals surface area contributed by atoms with Crippen molar-refractivity contribution in [2.24, 2.45) is 0 Å². The van der Waals surface area contributed by atoms with Crippen molar-refractivity contribution in [3.8, 4) is 45.5 Å². The number of amides is 2. The number of nitrogens with one attached hydrogen (secondary N) is 3. The van der Waals surface area contributed by atoms with Crippen LogP contribution in [0.4, 0.5) is 13.6 Å². The van der Waals surface area contributed by atoms with E-state index in [0.29, 0.717) is 60.4 Å². The van der Waals surface area contributed by atoms with Gasteiger partial charge < -0.3 is 54.0 Å². The highest BCUT2D eigenvalue weighted by Gasteiger charge is 2.25. The van der Waals surface area contributed by atoms with Gasteiger partial charge in [0.2, 0.25) is 0 Å². The number of H-pyrrole nitrogens is 1. The third kappa shape index (κ3) is 25.6. The normalized spacial score (nSPS) is 14.8. The Morgan fingerprint density at radius 2 is 1.08 bits per heavy atom. The van der Waals surface area contributed by atoms with Crippen molar-refractivity contribution in [3.63, 3.8) is 0 Å². The lowest BCUT2D eigenvalue weighted by Crippen LogP contribution is -2.33. The van der Waals surface area contributed by atoms with Gasteiger partial charge in [0.25, 0.3) is 43.1 Å². The number of phenols is 1. The smallest absolute Gasteiger partial charge is 0.410 e. The molecule has 2 aliphatic heterocycles. The standard InChI is InChI=1S/C21H22FN3O4S.C17H21FN2O2.2C11H13ClO4S.C6H5ClO3S/c1-23-12-15-11-20(18-5-3-4-6-19(18)22)25(13-15)30(27,28)17-9-7-16(8-10-17)29-14-21(26)24-2;1-17(2,3)22-16(21)20(4)11-12-9-15(19-10-12)13-7-5-6-8-14(13)18;2*12-17(13,14)10-6-4-9(5-7-10)16-11-3-1-2-8-15-11;7-11(9,10)6-3-1-5(8)2-4-6/h3-11,13,23H,12,14H2,1-2H3,(H,24,26);5-10,19H,11H2,1-4H3;2*4-7,11H,1-3,8H2;1-4,8H. The van der Waals surface area contributed by atoms with Gasteiger partial charge >= 0.3 is 6.09 Å². The lowest BCUT2D eigenvalue weighted by Gasteiger charge is -2.24. The zero-order valence-corrected chi connectivity index (χ0v) is 59.0. The summed E-state index contributed by atoms with van der Waals surface area (Å²) in [4.78, 5) is 27.9. The number of nitrogens with zero attached hydrogens (tertiary/aromatic N) is 2. The minimum absolute atomic E-state index is 0.00840. The fourth-order valence-corrected chi connectivity index (χ4v) is 12.5. The third-order valence-electron chi connectivity index (χ3n) is 13.6. The van der Waals surface area contributed by atoms with Crippen molar-refractivity contribution in [3.05, 3.63) is 193 Å². The van der Waals surface area contributed by atoms with Crippen LogP contribution < -0.4 is 24.8 Å². The van der Waals surface area contributed by atoms with Gasteiger partial charge in [-0.05, 0) is 198 Å². The fourth-order valence-electron chi connectivity index (χ4n) is 8.83. The highest BCUT2D eigenvalue weighted by Crippen LogP contribution is 2.31. The van der Waals surface area contributed by atoms with Gasteiger partial charge in [-0.2, -0.15) is 0 Å². The molecular weight excluding hydrogens is 1410 g/mol. The van der Waals surface area contributed by atoms with Crippen LogP contribution in [-0.4, -0.2) is 124 Å². The first kappa shape index (κ1) is 78.2. The van der Waals surface area contributed by atoms with E-state index in [9.17, 15) is 52.0 Å². The molecular formula is C66H74Cl3F2N5O17S4. The van der Waals surface area contributed by atoms with Crippen LogP contribution in [0.5, 0.6) is 23.0 Å². The van der Waals surface area contributed by atoms with E-state index in [1.807, 2.05) is 26.8 Å². The van der Waals surface area contributed by atoms with Crippen LogP contribution >= 0.6 is 32.0 Å². The van der Waals surface area contributed by atoms with Crippen molar-refractivity contribution >= 4 is 81.2 Å². The molecule has 2 aromatic heterocycles. The molecule has 31 heteroatoms. The quantitative estimate of drug-likeness (QED) is 0.0580. The number of hydrogen-bond acceptors (Lipinski definition) is 18. The molecule has 2 atom stereocenters. The molecule has 2 saturated heterocycles. The molecule has 8 aromatic rings. The van der Waals surface area contributed by atoms with Gasteiger partial charge in [-0.15, -0.1) is 0 Å². The molecule has 0 saturated carbocycles. The molecule has 0 aliphatic carbocycles. The minimum Gasteiger partial charge on any atom is -0.508 e. The summed E-state index contributed by atoms with van der Waals surface area (Å²) in [6.07, 6.45) is 8.38. The fraction of sp³-hybridized carbons (Fsp3) is 0.303. The third-order valence-corrected chi connectivity index (χ3v) is 19.4. The monoisotopic (exact) mass is 1480 g/mol. The molecule has 4 N–H and O–H groups in total. The van der Waals surface area contributed by atoms with E-state index < -0.39 is 48.6 Å². The van der Waals surface area contributed by atoms with E-state index >= 15 is 0 Å². The average molecular weight is 1480 g/mol. The summed E-state index contributed by atoms with van der Waals surface area (Å²) in [6, 6.07) is 38.7. The number of carbonyl (C=O) groups is 2. The van der Waals surface area contributed by atoms with E-state index in [1.165, 1.54) is 109 Å². The molecule has 97 heavy (non-hydrogen) atoms. The molecule has 524 valence electrons. The lowest BCUT2D eigenvalue weighted by atomic mass is 10.1. The molecule has 2 fully saturated rings. The Morgan fingerprint density at radius 1 is 0.629 bits per heavy atom. The first-order chi connectivity index (χ1) is 45.7. The van der Waals surface area contributed by atoms with E-state index in [-0.39, 0.29) is 73.6 Å². The molecule has 2 amide bonds. The summed E-state index contributed by atoms with van der Waals surface area (Å²) in [7, 11) is 5.34. The summed E-state index contributed by atoms with van der Waals surface area (Å²) in [5.41, 5.74) is 2.67. The zero-order chi connectivity index (χ0) is 71.1. The molecule has 2 aliphatic rings. The summed E-state index contributed by atoms with van der Waals surface area (Å²) in [5, 5.41) is 14.2. The maximum Gasteiger partial charge on any atom is 0.410 e. The van der Waals surface area contributed by atoms with Crippen molar-refractivity contribution in [1.82, 2.24) is 24.5 Å². The van der Waals surface area contributed by atoms with Crippen LogP contribution in [0.25, 0.3) is 22.5 Å². The van der Waals surface area contributed by atoms with Crippen LogP contribution in [0.1, 0.15) is 70.4 Å². The van der Waals surface area contributed by atoms with Gasteiger partial charge in [-0.25, -0.2) is 51.2 Å². The number of rotatable bonds is 18. The number of aromatic nitrogens is 2. The number of likely N-dealkylation sites (N-methyl/N-ethyl adjacent to an activating group) is 1. The zero-order valence-electron chi connectivity index (χ0n) is 53.5. The topological polar surface area (TPSA) is 294 Å². The maximum absolute atomic E-state index is 14.4. The first-order valence-corrected chi connectivity index (χ1v) is 38.2. The number of ether oxygens (including phenoxy) is 6. The number of hydrogen-bond donors (Lipinski definition) is 4. The summed E-state index contributed by atoms with van der Waals surface area (Å²) >= 11 is 0. The van der Waals surface area contributed by atoms with Gasteiger partial charge in [0.1, 0.15) is 40.2 Å². The van der Waals surface area contributed by atoms with E-state index in [4.69, 9.17) is 65.6 Å². The van der Waals surface area contributed by atoms with Gasteiger partial charge in [0.15, 0.2) is 19.2 Å². The van der Waals surface area contributed by atoms with Crippen molar-refractivity contribution < 1.29 is 85.6 Å². The predicted molar refractivity (Wildman–Crippen MR) is 364 cm³/mol. The predicted octanol–water partition coefficient (Wildman–Crippen LogP) is 12.9. The Morgan fingerprint density at radius 3 is 1.52 bits per heavy atom. The minimum atomic E-state index is -4.00. The molecule has 0 bridgehead atoms. The second-order valence-corrected chi connectivity index (χ2v) is 31.8. The van der Waals surface area contributed by atoms with E-state index in [0.717, 1.165) is 48.1 Å². The van der Waals surface area contributed by atoms with E-state index in [2.05, 4.69) is 15.6 Å². The highest BCUT2D eigenvalue weighted by molar-refractivity contribution is 8.14. The number of phenolic OH excluding ortho intramolecular Hbond substituents is 1.